The number of hydrogen-bond donors (Lipinski definition) is 2. The van der Waals surface area contributed by atoms with E-state index in [1.165, 1.54) is 6.33 Å². The van der Waals surface area contributed by atoms with Crippen molar-refractivity contribution in [2.75, 3.05) is 31.7 Å². The van der Waals surface area contributed by atoms with Gasteiger partial charge in [0.05, 0.1) is 0 Å². The molecule has 6 heteroatoms. The van der Waals surface area contributed by atoms with E-state index in [0.717, 1.165) is 6.54 Å². The Kier molecular flexibility index (Phi) is 4.76. The molecule has 0 aliphatic rings. The Morgan fingerprint density at radius 1 is 1.44 bits per heavy atom. The molecule has 102 valence electrons. The summed E-state index contributed by atoms with van der Waals surface area (Å²) in [5.74, 6) is 0.885. The summed E-state index contributed by atoms with van der Waals surface area (Å²) in [6, 6.07) is 0.201. The van der Waals surface area contributed by atoms with Crippen LogP contribution >= 0.6 is 11.6 Å². The first-order valence-corrected chi connectivity index (χ1v) is 6.29. The molecule has 0 aliphatic heterocycles. The topological polar surface area (TPSA) is 67.1 Å². The summed E-state index contributed by atoms with van der Waals surface area (Å²) in [5, 5.41) is 3.69. The minimum absolute atomic E-state index is 0.0759. The van der Waals surface area contributed by atoms with Gasteiger partial charge in [0.2, 0.25) is 0 Å². The molecule has 1 rings (SSSR count). The minimum atomic E-state index is 0.0759. The van der Waals surface area contributed by atoms with Crippen LogP contribution in [0.2, 0.25) is 5.02 Å². The lowest BCUT2D eigenvalue weighted by atomic mass is 9.85. The van der Waals surface area contributed by atoms with Gasteiger partial charge in [0.25, 0.3) is 0 Å². The van der Waals surface area contributed by atoms with E-state index in [1.807, 2.05) is 0 Å². The molecule has 0 spiro atoms. The Morgan fingerprint density at radius 2 is 2.06 bits per heavy atom. The van der Waals surface area contributed by atoms with Crippen LogP contribution in [0.4, 0.5) is 11.6 Å². The largest absolute Gasteiger partial charge is 0.382 e. The molecule has 1 atom stereocenters. The van der Waals surface area contributed by atoms with E-state index in [2.05, 4.69) is 55.1 Å². The summed E-state index contributed by atoms with van der Waals surface area (Å²) in [4.78, 5) is 10.1. The molecule has 0 saturated heterocycles. The van der Waals surface area contributed by atoms with Gasteiger partial charge in [-0.1, -0.05) is 25.4 Å². The number of anilines is 2. The van der Waals surface area contributed by atoms with Gasteiger partial charge in [0.1, 0.15) is 17.2 Å². The molecule has 0 radical (unpaired) electrons. The monoisotopic (exact) mass is 271 g/mol. The lowest BCUT2D eigenvalue weighted by molar-refractivity contribution is 0.217. The Balaban J connectivity index is 2.81. The van der Waals surface area contributed by atoms with Gasteiger partial charge < -0.3 is 16.0 Å². The lowest BCUT2D eigenvalue weighted by Crippen LogP contribution is -2.41. The summed E-state index contributed by atoms with van der Waals surface area (Å²) >= 11 is 6.07. The van der Waals surface area contributed by atoms with Crippen LogP contribution in [0.5, 0.6) is 0 Å². The number of rotatable bonds is 5. The SMILES string of the molecule is CC(Nc1ncnc(N)c1Cl)C(C)(C)CN(C)C. The number of nitrogens with zero attached hydrogens (tertiary/aromatic N) is 3. The number of nitrogens with two attached hydrogens (primary N) is 1. The van der Waals surface area contributed by atoms with Gasteiger partial charge in [-0.15, -0.1) is 0 Å². The molecule has 1 aromatic heterocycles. The van der Waals surface area contributed by atoms with Crippen LogP contribution in [0, 0.1) is 5.41 Å². The van der Waals surface area contributed by atoms with E-state index in [9.17, 15) is 0 Å². The van der Waals surface area contributed by atoms with E-state index in [0.29, 0.717) is 16.7 Å². The van der Waals surface area contributed by atoms with Gasteiger partial charge in [0, 0.05) is 12.6 Å². The first kappa shape index (κ1) is 15.0. The highest BCUT2D eigenvalue weighted by atomic mass is 35.5. The molecule has 0 aromatic carbocycles. The second kappa shape index (κ2) is 5.71. The van der Waals surface area contributed by atoms with Crippen LogP contribution in [0.1, 0.15) is 20.8 Å². The smallest absolute Gasteiger partial charge is 0.150 e. The fourth-order valence-electron chi connectivity index (χ4n) is 1.84. The Labute approximate surface area is 114 Å². The molecule has 1 heterocycles. The van der Waals surface area contributed by atoms with Gasteiger partial charge in [-0.3, -0.25) is 0 Å². The van der Waals surface area contributed by atoms with Gasteiger partial charge in [-0.05, 0) is 26.4 Å². The predicted molar refractivity (Wildman–Crippen MR) is 76.9 cm³/mol. The van der Waals surface area contributed by atoms with E-state index < -0.39 is 0 Å². The van der Waals surface area contributed by atoms with Gasteiger partial charge in [0.15, 0.2) is 5.82 Å². The summed E-state index contributed by atoms with van der Waals surface area (Å²) in [5.41, 5.74) is 5.73. The first-order valence-electron chi connectivity index (χ1n) is 5.91. The molecule has 0 fully saturated rings. The number of hydrogen-bond acceptors (Lipinski definition) is 5. The lowest BCUT2D eigenvalue weighted by Gasteiger charge is -2.35. The highest BCUT2D eigenvalue weighted by Gasteiger charge is 2.27. The molecule has 0 aliphatic carbocycles. The molecule has 3 N–H and O–H groups in total. The van der Waals surface area contributed by atoms with Crippen molar-refractivity contribution in [1.82, 2.24) is 14.9 Å². The van der Waals surface area contributed by atoms with Crippen molar-refractivity contribution in [1.29, 1.82) is 0 Å². The number of halogens is 1. The number of nitrogen functional groups attached to an aromatic ring is 1. The molecule has 0 amide bonds. The van der Waals surface area contributed by atoms with E-state index in [1.54, 1.807) is 0 Å². The quantitative estimate of drug-likeness (QED) is 0.858. The third-order valence-corrected chi connectivity index (χ3v) is 3.44. The zero-order chi connectivity index (χ0) is 13.9. The number of aromatic nitrogens is 2. The van der Waals surface area contributed by atoms with Gasteiger partial charge in [-0.25, -0.2) is 9.97 Å². The standard InChI is InChI=1S/C12H22ClN5/c1-8(12(2,3)6-18(4)5)17-11-9(13)10(14)15-7-16-11/h7-8H,6H2,1-5H3,(H3,14,15,16,17). The number of nitrogens with one attached hydrogen (secondary N) is 1. The summed E-state index contributed by atoms with van der Waals surface area (Å²) in [6.07, 6.45) is 1.41. The van der Waals surface area contributed by atoms with E-state index >= 15 is 0 Å². The van der Waals surface area contributed by atoms with Gasteiger partial charge >= 0.3 is 0 Å². The molecule has 18 heavy (non-hydrogen) atoms. The Bertz CT molecular complexity index is 405. The minimum Gasteiger partial charge on any atom is -0.382 e. The zero-order valence-corrected chi connectivity index (χ0v) is 12.4. The predicted octanol–water partition coefficient (Wildman–Crippen LogP) is 2.10. The van der Waals surface area contributed by atoms with E-state index in [-0.39, 0.29) is 11.5 Å². The second-order valence-corrected chi connectivity index (χ2v) is 5.89. The summed E-state index contributed by atoms with van der Waals surface area (Å²) in [7, 11) is 4.12. The van der Waals surface area contributed by atoms with Crippen molar-refractivity contribution in [3.05, 3.63) is 11.3 Å². The van der Waals surface area contributed by atoms with Crippen LogP contribution in [-0.4, -0.2) is 41.5 Å². The second-order valence-electron chi connectivity index (χ2n) is 5.51. The normalized spacial score (nSPS) is 13.7. The maximum atomic E-state index is 6.07. The van der Waals surface area contributed by atoms with Crippen molar-refractivity contribution >= 4 is 23.2 Å². The maximum absolute atomic E-state index is 6.07. The van der Waals surface area contributed by atoms with Crippen LogP contribution in [0.25, 0.3) is 0 Å². The molecule has 1 aromatic rings. The van der Waals surface area contributed by atoms with Crippen molar-refractivity contribution < 1.29 is 0 Å². The summed E-state index contributed by atoms with van der Waals surface area (Å²) < 4.78 is 0. The molecule has 5 nitrogen and oxygen atoms in total. The summed E-state index contributed by atoms with van der Waals surface area (Å²) in [6.45, 7) is 7.46. The first-order chi connectivity index (χ1) is 8.24. The highest BCUT2D eigenvalue weighted by molar-refractivity contribution is 6.35. The average Bonchev–Trinajstić information content (AvgIpc) is 2.22. The van der Waals surface area contributed by atoms with Crippen molar-refractivity contribution in [3.8, 4) is 0 Å². The Hall–Kier alpha value is -1.07. The van der Waals surface area contributed by atoms with Crippen LogP contribution < -0.4 is 11.1 Å². The van der Waals surface area contributed by atoms with Crippen molar-refractivity contribution in [3.63, 3.8) is 0 Å². The van der Waals surface area contributed by atoms with Gasteiger partial charge in [-0.2, -0.15) is 0 Å². The maximum Gasteiger partial charge on any atom is 0.150 e. The fourth-order valence-corrected chi connectivity index (χ4v) is 1.99. The Morgan fingerprint density at radius 3 is 2.61 bits per heavy atom. The van der Waals surface area contributed by atoms with Crippen molar-refractivity contribution in [2.24, 2.45) is 5.41 Å². The molecule has 0 bridgehead atoms. The highest BCUT2D eigenvalue weighted by Crippen LogP contribution is 2.28. The average molecular weight is 272 g/mol. The molecular weight excluding hydrogens is 250 g/mol. The van der Waals surface area contributed by atoms with Crippen molar-refractivity contribution in [2.45, 2.75) is 26.8 Å². The molecule has 1 unspecified atom stereocenters. The third-order valence-electron chi connectivity index (χ3n) is 3.07. The van der Waals surface area contributed by atoms with Crippen LogP contribution in [-0.2, 0) is 0 Å². The molecule has 0 saturated carbocycles. The van der Waals surface area contributed by atoms with Crippen LogP contribution in [0.3, 0.4) is 0 Å². The fraction of sp³-hybridized carbons (Fsp3) is 0.667. The van der Waals surface area contributed by atoms with Crippen LogP contribution in [0.15, 0.2) is 6.33 Å². The zero-order valence-electron chi connectivity index (χ0n) is 11.7. The molecular formula is C12H22ClN5. The third kappa shape index (κ3) is 3.71. The van der Waals surface area contributed by atoms with E-state index in [4.69, 9.17) is 17.3 Å².